The van der Waals surface area contributed by atoms with Crippen molar-refractivity contribution in [1.29, 1.82) is 0 Å². The highest BCUT2D eigenvalue weighted by Crippen LogP contribution is 2.24. The van der Waals surface area contributed by atoms with Gasteiger partial charge in [0.1, 0.15) is 0 Å². The molecule has 1 saturated heterocycles. The first-order valence-corrected chi connectivity index (χ1v) is 2.74. The van der Waals surface area contributed by atoms with E-state index in [0.29, 0.717) is 6.42 Å². The summed E-state index contributed by atoms with van der Waals surface area (Å²) in [5.74, 6) is -1.18. The number of hydrogen-bond donors (Lipinski definition) is 1. The zero-order valence-corrected chi connectivity index (χ0v) is 5.46. The van der Waals surface area contributed by atoms with Crippen molar-refractivity contribution in [2.45, 2.75) is 25.4 Å². The van der Waals surface area contributed by atoms with Crippen LogP contribution in [0.2, 0.25) is 0 Å². The molecule has 0 aromatic rings. The van der Waals surface area contributed by atoms with Crippen LogP contribution < -0.4 is 0 Å². The molecule has 0 bridgehead atoms. The third kappa shape index (κ3) is 1.62. The number of rotatable bonds is 1. The molecule has 0 unspecified atom stereocenters. The molecule has 9 heavy (non-hydrogen) atoms. The minimum absolute atomic E-state index is 0.351. The minimum atomic E-state index is -1.18. The summed E-state index contributed by atoms with van der Waals surface area (Å²) in [5.41, 5.74) is 0. The van der Waals surface area contributed by atoms with Gasteiger partial charge in [-0.2, -0.15) is 4.89 Å². The molecule has 4 heteroatoms. The van der Waals surface area contributed by atoms with Gasteiger partial charge in [-0.25, -0.2) is 4.89 Å². The Labute approximate surface area is 53.3 Å². The fourth-order valence-corrected chi connectivity index (χ4v) is 0.657. The van der Waals surface area contributed by atoms with Crippen molar-refractivity contribution >= 4 is 0 Å². The first-order chi connectivity index (χ1) is 4.14. The van der Waals surface area contributed by atoms with Crippen molar-refractivity contribution in [3.63, 3.8) is 0 Å². The van der Waals surface area contributed by atoms with Gasteiger partial charge >= 0.3 is 0 Å². The van der Waals surface area contributed by atoms with E-state index in [9.17, 15) is 0 Å². The van der Waals surface area contributed by atoms with E-state index in [1.165, 1.54) is 14.0 Å². The largest absolute Gasteiger partial charge is 0.363 e. The standard InChI is InChI=1S/C5H10O4/c1-5(6)3-4(7-2)8-9-5/h4,6H,3H2,1-2H3/t4-,5-/m0/s1. The number of hydrogen-bond acceptors (Lipinski definition) is 4. The second-order valence-corrected chi connectivity index (χ2v) is 2.22. The molecule has 0 saturated carbocycles. The van der Waals surface area contributed by atoms with Crippen molar-refractivity contribution in [2.24, 2.45) is 0 Å². The molecule has 0 aromatic carbocycles. The van der Waals surface area contributed by atoms with Crippen LogP contribution in [0.15, 0.2) is 0 Å². The van der Waals surface area contributed by atoms with Crippen LogP contribution in [0.1, 0.15) is 13.3 Å². The molecule has 2 atom stereocenters. The van der Waals surface area contributed by atoms with Gasteiger partial charge in [0.15, 0.2) is 6.29 Å². The van der Waals surface area contributed by atoms with Crippen LogP contribution in [0, 0.1) is 0 Å². The Bertz CT molecular complexity index is 101. The lowest BCUT2D eigenvalue weighted by molar-refractivity contribution is -0.393. The van der Waals surface area contributed by atoms with E-state index in [2.05, 4.69) is 9.78 Å². The third-order valence-corrected chi connectivity index (χ3v) is 1.14. The quantitative estimate of drug-likeness (QED) is 0.513. The summed E-state index contributed by atoms with van der Waals surface area (Å²) in [6.07, 6.45) is -0.0799. The van der Waals surface area contributed by atoms with Crippen LogP contribution in [0.3, 0.4) is 0 Å². The second-order valence-electron chi connectivity index (χ2n) is 2.22. The lowest BCUT2D eigenvalue weighted by atomic mass is 10.2. The van der Waals surface area contributed by atoms with E-state index in [1.807, 2.05) is 0 Å². The Morgan fingerprint density at radius 2 is 2.44 bits per heavy atom. The van der Waals surface area contributed by atoms with Gasteiger partial charge in [-0.3, -0.25) is 0 Å². The smallest absolute Gasteiger partial charge is 0.201 e. The van der Waals surface area contributed by atoms with E-state index in [0.717, 1.165) is 0 Å². The van der Waals surface area contributed by atoms with Crippen LogP contribution in [0.4, 0.5) is 0 Å². The maximum atomic E-state index is 9.07. The minimum Gasteiger partial charge on any atom is -0.363 e. The predicted octanol–water partition coefficient (Wildman–Crippen LogP) is 0.0193. The average Bonchev–Trinajstić information content (AvgIpc) is 2.10. The van der Waals surface area contributed by atoms with Crippen molar-refractivity contribution in [3.05, 3.63) is 0 Å². The molecular weight excluding hydrogens is 124 g/mol. The van der Waals surface area contributed by atoms with Crippen LogP contribution >= 0.6 is 0 Å². The molecule has 1 aliphatic heterocycles. The van der Waals surface area contributed by atoms with Gasteiger partial charge in [-0.1, -0.05) is 0 Å². The molecule has 54 valence electrons. The normalized spacial score (nSPS) is 43.7. The van der Waals surface area contributed by atoms with Crippen LogP contribution in [-0.2, 0) is 14.5 Å². The molecule has 0 spiro atoms. The molecule has 1 aliphatic rings. The molecule has 0 aliphatic carbocycles. The molecule has 1 rings (SSSR count). The summed E-state index contributed by atoms with van der Waals surface area (Å²) in [6, 6.07) is 0. The number of methoxy groups -OCH3 is 1. The molecular formula is C5H10O4. The predicted molar refractivity (Wildman–Crippen MR) is 28.2 cm³/mol. The van der Waals surface area contributed by atoms with Crippen molar-refractivity contribution in [3.8, 4) is 0 Å². The van der Waals surface area contributed by atoms with E-state index in [1.54, 1.807) is 0 Å². The van der Waals surface area contributed by atoms with Gasteiger partial charge in [0.05, 0.1) is 6.42 Å². The summed E-state index contributed by atoms with van der Waals surface area (Å²) in [6.45, 7) is 1.52. The summed E-state index contributed by atoms with van der Waals surface area (Å²) < 4.78 is 4.74. The van der Waals surface area contributed by atoms with E-state index < -0.39 is 12.1 Å². The molecule has 1 fully saturated rings. The fraction of sp³-hybridized carbons (Fsp3) is 1.00. The highest BCUT2D eigenvalue weighted by molar-refractivity contribution is 4.63. The van der Waals surface area contributed by atoms with Gasteiger partial charge < -0.3 is 9.84 Å². The van der Waals surface area contributed by atoms with E-state index in [4.69, 9.17) is 9.84 Å². The Hall–Kier alpha value is -0.160. The Balaban J connectivity index is 2.38. The number of aliphatic hydroxyl groups is 1. The monoisotopic (exact) mass is 134 g/mol. The summed E-state index contributed by atoms with van der Waals surface area (Å²) in [4.78, 5) is 9.02. The second kappa shape index (κ2) is 2.22. The Morgan fingerprint density at radius 1 is 1.78 bits per heavy atom. The molecule has 4 nitrogen and oxygen atoms in total. The van der Waals surface area contributed by atoms with Gasteiger partial charge in [0, 0.05) is 7.11 Å². The summed E-state index contributed by atoms with van der Waals surface area (Å²) in [7, 11) is 1.50. The Kier molecular flexibility index (Phi) is 1.72. The molecule has 0 aromatic heterocycles. The molecule has 0 amide bonds. The van der Waals surface area contributed by atoms with Gasteiger partial charge in [0.2, 0.25) is 5.79 Å². The average molecular weight is 134 g/mol. The first kappa shape index (κ1) is 6.95. The van der Waals surface area contributed by atoms with E-state index >= 15 is 0 Å². The fourth-order valence-electron chi connectivity index (χ4n) is 0.657. The SMILES string of the molecule is CO[C@@H]1C[C@@](C)(O)OO1. The molecule has 1 N–H and O–H groups in total. The van der Waals surface area contributed by atoms with Crippen molar-refractivity contribution in [2.75, 3.05) is 7.11 Å². The topological polar surface area (TPSA) is 47.9 Å². The van der Waals surface area contributed by atoms with Crippen LogP contribution in [-0.4, -0.2) is 24.3 Å². The maximum absolute atomic E-state index is 9.07. The van der Waals surface area contributed by atoms with Crippen LogP contribution in [0.5, 0.6) is 0 Å². The lowest BCUT2D eigenvalue weighted by Crippen LogP contribution is -2.22. The number of ether oxygens (including phenoxy) is 1. The highest BCUT2D eigenvalue weighted by atomic mass is 17.3. The van der Waals surface area contributed by atoms with Gasteiger partial charge in [-0.15, -0.1) is 0 Å². The molecule has 1 heterocycles. The molecule has 0 radical (unpaired) electrons. The van der Waals surface area contributed by atoms with Crippen molar-refractivity contribution in [1.82, 2.24) is 0 Å². The maximum Gasteiger partial charge on any atom is 0.201 e. The Morgan fingerprint density at radius 3 is 2.67 bits per heavy atom. The van der Waals surface area contributed by atoms with Gasteiger partial charge in [0.25, 0.3) is 0 Å². The first-order valence-electron chi connectivity index (χ1n) is 2.74. The zero-order valence-electron chi connectivity index (χ0n) is 5.46. The van der Waals surface area contributed by atoms with Gasteiger partial charge in [-0.05, 0) is 6.92 Å². The summed E-state index contributed by atoms with van der Waals surface area (Å²) >= 11 is 0. The summed E-state index contributed by atoms with van der Waals surface area (Å²) in [5, 5.41) is 9.07. The van der Waals surface area contributed by atoms with Crippen LogP contribution in [0.25, 0.3) is 0 Å². The van der Waals surface area contributed by atoms with Crippen molar-refractivity contribution < 1.29 is 19.6 Å². The highest BCUT2D eigenvalue weighted by Gasteiger charge is 2.36. The zero-order chi connectivity index (χ0) is 6.91. The third-order valence-electron chi connectivity index (χ3n) is 1.14. The van der Waals surface area contributed by atoms with E-state index in [-0.39, 0.29) is 0 Å². The lowest BCUT2D eigenvalue weighted by Gasteiger charge is -2.08.